The molecule has 0 saturated heterocycles. The van der Waals surface area contributed by atoms with Crippen LogP contribution >= 0.6 is 0 Å². The number of rotatable bonds is 4. The molecule has 8 nitrogen and oxygen atoms in total. The van der Waals surface area contributed by atoms with Crippen LogP contribution in [0.25, 0.3) is 11.5 Å². The Hall–Kier alpha value is -4.40. The van der Waals surface area contributed by atoms with Crippen molar-refractivity contribution in [1.29, 1.82) is 0 Å². The Morgan fingerprint density at radius 1 is 1.16 bits per heavy atom. The largest absolute Gasteiger partial charge is 0.479 e. The highest BCUT2D eigenvalue weighted by Crippen LogP contribution is 2.32. The van der Waals surface area contributed by atoms with E-state index in [1.807, 2.05) is 0 Å². The lowest BCUT2D eigenvalue weighted by Gasteiger charge is -2.23. The maximum Gasteiger partial charge on any atom is 0.265 e. The summed E-state index contributed by atoms with van der Waals surface area (Å²) in [5, 5.41) is 9.83. The first-order valence-corrected chi connectivity index (χ1v) is 9.90. The Kier molecular flexibility index (Phi) is 4.70. The first-order chi connectivity index (χ1) is 15.5. The van der Waals surface area contributed by atoms with E-state index >= 15 is 0 Å². The molecular weight excluding hydrogens is 413 g/mol. The van der Waals surface area contributed by atoms with Gasteiger partial charge in [-0.1, -0.05) is 12.1 Å². The van der Waals surface area contributed by atoms with E-state index in [2.05, 4.69) is 15.7 Å². The van der Waals surface area contributed by atoms with Gasteiger partial charge >= 0.3 is 0 Å². The van der Waals surface area contributed by atoms with Gasteiger partial charge in [-0.05, 0) is 49.4 Å². The molecule has 0 radical (unpaired) electrons. The lowest BCUT2D eigenvalue weighted by molar-refractivity contribution is -0.122. The number of benzene rings is 2. The lowest BCUT2D eigenvalue weighted by Crippen LogP contribution is -2.34. The van der Waals surface area contributed by atoms with Crippen LogP contribution in [0.4, 0.5) is 15.8 Å². The van der Waals surface area contributed by atoms with Gasteiger partial charge in [0.05, 0.1) is 11.9 Å². The number of carbonyl (C=O) groups is 2. The van der Waals surface area contributed by atoms with Gasteiger partial charge in [-0.3, -0.25) is 9.59 Å². The highest BCUT2D eigenvalue weighted by atomic mass is 19.1. The molecule has 2 aromatic carbocycles. The number of ether oxygens (including phenoxy) is 1. The number of nitrogens with zero attached hydrogens (tertiary/aromatic N) is 3. The van der Waals surface area contributed by atoms with Crippen molar-refractivity contribution in [3.63, 3.8) is 0 Å². The van der Waals surface area contributed by atoms with Crippen LogP contribution in [0.3, 0.4) is 0 Å². The lowest BCUT2D eigenvalue weighted by atomic mass is 10.2. The third kappa shape index (κ3) is 3.39. The number of aromatic nitrogens is 3. The minimum absolute atomic E-state index is 0.220. The van der Waals surface area contributed by atoms with Gasteiger partial charge in [0.25, 0.3) is 11.8 Å². The van der Waals surface area contributed by atoms with Gasteiger partial charge in [0.1, 0.15) is 22.8 Å². The summed E-state index contributed by atoms with van der Waals surface area (Å²) in [6, 6.07) is 14.8. The molecule has 0 aliphatic carbocycles. The SMILES string of the molecule is CC1Oc2ccc(NC(=O)c3cnn(-c4ccccc4F)c3-n3cccc3)cc2NC1=O. The Morgan fingerprint density at radius 3 is 2.72 bits per heavy atom. The number of amides is 2. The number of anilines is 2. The van der Waals surface area contributed by atoms with E-state index in [0.717, 1.165) is 0 Å². The average molecular weight is 431 g/mol. The van der Waals surface area contributed by atoms with Gasteiger partial charge in [0.2, 0.25) is 0 Å². The van der Waals surface area contributed by atoms with Crippen molar-refractivity contribution in [1.82, 2.24) is 14.3 Å². The van der Waals surface area contributed by atoms with Gasteiger partial charge in [-0.25, -0.2) is 9.07 Å². The molecule has 32 heavy (non-hydrogen) atoms. The molecule has 2 N–H and O–H groups in total. The zero-order chi connectivity index (χ0) is 22.2. The number of carbonyl (C=O) groups excluding carboxylic acids is 2. The fraction of sp³-hybridized carbons (Fsp3) is 0.0870. The van der Waals surface area contributed by atoms with Crippen LogP contribution in [0, 0.1) is 5.82 Å². The van der Waals surface area contributed by atoms with E-state index in [1.54, 1.807) is 72.4 Å². The Balaban J connectivity index is 1.51. The number of para-hydroxylation sites is 1. The molecule has 9 heteroatoms. The third-order valence-electron chi connectivity index (χ3n) is 5.09. The fourth-order valence-electron chi connectivity index (χ4n) is 3.51. The first-order valence-electron chi connectivity index (χ1n) is 9.90. The van der Waals surface area contributed by atoms with Crippen molar-refractivity contribution in [3.05, 3.63) is 84.6 Å². The molecule has 5 rings (SSSR count). The highest BCUT2D eigenvalue weighted by Gasteiger charge is 2.25. The van der Waals surface area contributed by atoms with Gasteiger partial charge in [0, 0.05) is 18.1 Å². The fourth-order valence-corrected chi connectivity index (χ4v) is 3.51. The minimum Gasteiger partial charge on any atom is -0.479 e. The van der Waals surface area contributed by atoms with E-state index in [9.17, 15) is 14.0 Å². The van der Waals surface area contributed by atoms with Crippen LogP contribution in [0.2, 0.25) is 0 Å². The number of halogens is 1. The molecule has 4 aromatic rings. The van der Waals surface area contributed by atoms with Crippen molar-refractivity contribution in [2.45, 2.75) is 13.0 Å². The molecular formula is C23H18FN5O3. The third-order valence-corrected chi connectivity index (χ3v) is 5.09. The zero-order valence-electron chi connectivity index (χ0n) is 16.9. The van der Waals surface area contributed by atoms with Gasteiger partial charge in [-0.2, -0.15) is 5.10 Å². The molecule has 2 aromatic heterocycles. The quantitative estimate of drug-likeness (QED) is 0.515. The number of fused-ring (bicyclic) bond motifs is 1. The Labute approximate surface area is 182 Å². The van der Waals surface area contributed by atoms with Crippen LogP contribution in [-0.2, 0) is 4.79 Å². The maximum atomic E-state index is 14.5. The minimum atomic E-state index is -0.587. The predicted octanol–water partition coefficient (Wildman–Crippen LogP) is 3.77. The molecule has 1 aliphatic heterocycles. The van der Waals surface area contributed by atoms with Crippen LogP contribution in [0.15, 0.2) is 73.2 Å². The van der Waals surface area contributed by atoms with Gasteiger partial charge < -0.3 is 19.9 Å². The second-order valence-electron chi connectivity index (χ2n) is 7.25. The predicted molar refractivity (Wildman–Crippen MR) is 116 cm³/mol. The summed E-state index contributed by atoms with van der Waals surface area (Å²) in [5.74, 6) is -0.248. The second kappa shape index (κ2) is 7.69. The molecule has 3 heterocycles. The Bertz CT molecular complexity index is 1330. The van der Waals surface area contributed by atoms with E-state index in [1.165, 1.54) is 16.9 Å². The number of hydrogen-bond donors (Lipinski definition) is 2. The molecule has 1 atom stereocenters. The van der Waals surface area contributed by atoms with Crippen LogP contribution < -0.4 is 15.4 Å². The van der Waals surface area contributed by atoms with Gasteiger partial charge in [0.15, 0.2) is 11.9 Å². The Morgan fingerprint density at radius 2 is 1.94 bits per heavy atom. The van der Waals surface area contributed by atoms with Crippen molar-refractivity contribution >= 4 is 23.2 Å². The van der Waals surface area contributed by atoms with Crippen LogP contribution in [0.1, 0.15) is 17.3 Å². The smallest absolute Gasteiger partial charge is 0.265 e. The van der Waals surface area contributed by atoms with Crippen molar-refractivity contribution < 1.29 is 18.7 Å². The molecule has 0 fully saturated rings. The van der Waals surface area contributed by atoms with Crippen molar-refractivity contribution in [2.75, 3.05) is 10.6 Å². The molecule has 2 amide bonds. The standard InChI is InChI=1S/C23H18FN5O3/c1-14-21(30)27-18-12-15(8-9-20(18)32-14)26-22(31)16-13-25-29(19-7-3-2-6-17(19)24)23(16)28-10-4-5-11-28/h2-14H,1H3,(H,26,31)(H,27,30). The summed E-state index contributed by atoms with van der Waals surface area (Å²) in [4.78, 5) is 25.0. The molecule has 0 bridgehead atoms. The zero-order valence-corrected chi connectivity index (χ0v) is 16.9. The van der Waals surface area contributed by atoms with Crippen molar-refractivity contribution in [2.24, 2.45) is 0 Å². The van der Waals surface area contributed by atoms with E-state index in [-0.39, 0.29) is 17.2 Å². The molecule has 1 aliphatic rings. The highest BCUT2D eigenvalue weighted by molar-refractivity contribution is 6.07. The molecule has 160 valence electrons. The van der Waals surface area contributed by atoms with E-state index in [4.69, 9.17) is 4.74 Å². The first kappa shape index (κ1) is 19.6. The average Bonchev–Trinajstić information content (AvgIpc) is 3.44. The summed E-state index contributed by atoms with van der Waals surface area (Å²) < 4.78 is 23.1. The molecule has 0 spiro atoms. The molecule has 0 saturated carbocycles. The number of hydrogen-bond acceptors (Lipinski definition) is 4. The summed E-state index contributed by atoms with van der Waals surface area (Å²) >= 11 is 0. The summed E-state index contributed by atoms with van der Waals surface area (Å²) in [7, 11) is 0. The maximum absolute atomic E-state index is 14.5. The summed E-state index contributed by atoms with van der Waals surface area (Å²) in [6.07, 6.45) is 4.30. The van der Waals surface area contributed by atoms with Crippen molar-refractivity contribution in [3.8, 4) is 17.3 Å². The summed E-state index contributed by atoms with van der Waals surface area (Å²) in [6.45, 7) is 1.66. The molecule has 1 unspecified atom stereocenters. The number of nitrogens with one attached hydrogen (secondary N) is 2. The monoisotopic (exact) mass is 431 g/mol. The summed E-state index contributed by atoms with van der Waals surface area (Å²) in [5.41, 5.74) is 1.40. The normalized spacial score (nSPS) is 14.9. The second-order valence-corrected chi connectivity index (χ2v) is 7.25. The topological polar surface area (TPSA) is 90.2 Å². The van der Waals surface area contributed by atoms with Crippen LogP contribution in [-0.4, -0.2) is 32.3 Å². The van der Waals surface area contributed by atoms with E-state index in [0.29, 0.717) is 22.9 Å². The van der Waals surface area contributed by atoms with Gasteiger partial charge in [-0.15, -0.1) is 0 Å². The van der Waals surface area contributed by atoms with Crippen LogP contribution in [0.5, 0.6) is 5.75 Å². The van der Waals surface area contributed by atoms with E-state index < -0.39 is 17.8 Å².